The third-order valence-electron chi connectivity index (χ3n) is 6.32. The quantitative estimate of drug-likeness (QED) is 0.502. The van der Waals surface area contributed by atoms with E-state index in [0.717, 1.165) is 17.8 Å². The normalized spacial score (nSPS) is 18.2. The molecule has 2 N–H and O–H groups in total. The monoisotopic (exact) mass is 489 g/mol. The maximum absolute atomic E-state index is 13.4. The van der Waals surface area contributed by atoms with Crippen LogP contribution >= 0.6 is 23.2 Å². The molecule has 1 unspecified atom stereocenters. The van der Waals surface area contributed by atoms with Gasteiger partial charge in [0.2, 0.25) is 0 Å². The Hall–Kier alpha value is -3.53. The predicted octanol–water partition coefficient (Wildman–Crippen LogP) is 5.79. The van der Waals surface area contributed by atoms with E-state index in [9.17, 15) is 10.1 Å². The Morgan fingerprint density at radius 2 is 1.82 bits per heavy atom. The van der Waals surface area contributed by atoms with Crippen molar-refractivity contribution in [1.82, 2.24) is 9.78 Å². The van der Waals surface area contributed by atoms with Crippen LogP contribution in [0.1, 0.15) is 36.4 Å². The molecule has 2 heterocycles. The number of Topliss-reactive ketones (excluding diaryl/α,β-unsaturated/α-hetero) is 1. The van der Waals surface area contributed by atoms with E-state index in [1.165, 1.54) is 0 Å². The summed E-state index contributed by atoms with van der Waals surface area (Å²) in [5.41, 5.74) is 11.0. The first-order valence-corrected chi connectivity index (χ1v) is 11.7. The largest absolute Gasteiger partial charge is 0.384 e. The lowest BCUT2D eigenvalue weighted by atomic mass is 9.75. The fourth-order valence-electron chi connectivity index (χ4n) is 4.87. The van der Waals surface area contributed by atoms with Crippen LogP contribution in [0.4, 0.5) is 5.69 Å². The van der Waals surface area contributed by atoms with E-state index in [2.05, 4.69) is 11.2 Å². The number of benzene rings is 2. The van der Waals surface area contributed by atoms with Crippen molar-refractivity contribution in [1.29, 1.82) is 5.26 Å². The van der Waals surface area contributed by atoms with Gasteiger partial charge in [0.1, 0.15) is 11.0 Å². The van der Waals surface area contributed by atoms with E-state index < -0.39 is 5.92 Å². The molecule has 1 aliphatic carbocycles. The van der Waals surface area contributed by atoms with Crippen molar-refractivity contribution in [3.8, 4) is 11.8 Å². The summed E-state index contributed by atoms with van der Waals surface area (Å²) >= 11 is 13.1. The molecular weight excluding hydrogens is 469 g/mol. The van der Waals surface area contributed by atoms with Crippen LogP contribution in [-0.4, -0.2) is 15.6 Å². The Labute approximate surface area is 207 Å². The van der Waals surface area contributed by atoms with Gasteiger partial charge >= 0.3 is 0 Å². The molecule has 2 aromatic carbocycles. The third kappa shape index (κ3) is 3.49. The molecule has 8 heteroatoms. The lowest BCUT2D eigenvalue weighted by molar-refractivity contribution is -0.116. The number of para-hydroxylation sites is 1. The molecule has 1 aromatic heterocycles. The zero-order valence-electron chi connectivity index (χ0n) is 18.4. The predicted molar refractivity (Wildman–Crippen MR) is 133 cm³/mol. The number of aryl methyl sites for hydroxylation is 1. The van der Waals surface area contributed by atoms with Crippen molar-refractivity contribution < 1.29 is 4.79 Å². The Balaban J connectivity index is 1.75. The van der Waals surface area contributed by atoms with Gasteiger partial charge in [-0.05, 0) is 50.1 Å². The number of nitriles is 1. The molecule has 0 amide bonds. The molecule has 1 aliphatic heterocycles. The molecule has 1 atom stereocenters. The number of rotatable bonds is 3. The summed E-state index contributed by atoms with van der Waals surface area (Å²) in [5, 5.41) is 15.7. The smallest absolute Gasteiger partial charge is 0.161 e. The Morgan fingerprint density at radius 3 is 2.53 bits per heavy atom. The van der Waals surface area contributed by atoms with Crippen LogP contribution in [0.5, 0.6) is 0 Å². The molecule has 2 aliphatic rings. The zero-order chi connectivity index (χ0) is 24.0. The summed E-state index contributed by atoms with van der Waals surface area (Å²) in [7, 11) is 0. The summed E-state index contributed by atoms with van der Waals surface area (Å²) in [6, 6.07) is 19.0. The number of allylic oxidation sites excluding steroid dienone is 3. The van der Waals surface area contributed by atoms with Crippen LogP contribution in [0.25, 0.3) is 5.69 Å². The Bertz CT molecular complexity index is 1410. The number of ketones is 1. The van der Waals surface area contributed by atoms with Crippen LogP contribution < -0.4 is 10.6 Å². The molecule has 5 rings (SSSR count). The first-order valence-electron chi connectivity index (χ1n) is 10.9. The highest BCUT2D eigenvalue weighted by atomic mass is 35.5. The van der Waals surface area contributed by atoms with Crippen molar-refractivity contribution >= 4 is 34.7 Å². The van der Waals surface area contributed by atoms with E-state index in [1.807, 2.05) is 54.3 Å². The molecule has 3 aromatic rings. The van der Waals surface area contributed by atoms with Crippen LogP contribution in [0, 0.1) is 18.3 Å². The van der Waals surface area contributed by atoms with E-state index in [1.54, 1.807) is 16.8 Å². The van der Waals surface area contributed by atoms with Gasteiger partial charge in [-0.15, -0.1) is 0 Å². The van der Waals surface area contributed by atoms with Gasteiger partial charge in [0.05, 0.1) is 28.9 Å². The lowest BCUT2D eigenvalue weighted by Crippen LogP contribution is -2.38. The van der Waals surface area contributed by atoms with Gasteiger partial charge in [-0.25, -0.2) is 4.68 Å². The minimum Gasteiger partial charge on any atom is -0.384 e. The topological polar surface area (TPSA) is 87.9 Å². The third-order valence-corrected chi connectivity index (χ3v) is 6.92. The highest BCUT2D eigenvalue weighted by molar-refractivity contribution is 6.31. The summed E-state index contributed by atoms with van der Waals surface area (Å²) in [5.74, 6) is -0.385. The average Bonchev–Trinajstić information content (AvgIpc) is 3.12. The van der Waals surface area contributed by atoms with Gasteiger partial charge in [-0.2, -0.15) is 10.4 Å². The number of hydrogen-bond donors (Lipinski definition) is 1. The van der Waals surface area contributed by atoms with Crippen molar-refractivity contribution in [2.75, 3.05) is 4.90 Å². The molecule has 0 radical (unpaired) electrons. The number of aromatic nitrogens is 2. The van der Waals surface area contributed by atoms with E-state index in [-0.39, 0.29) is 11.4 Å². The number of halogens is 2. The molecule has 0 saturated carbocycles. The van der Waals surface area contributed by atoms with Gasteiger partial charge < -0.3 is 5.73 Å². The van der Waals surface area contributed by atoms with E-state index in [4.69, 9.17) is 28.9 Å². The van der Waals surface area contributed by atoms with Crippen LogP contribution in [0.3, 0.4) is 0 Å². The van der Waals surface area contributed by atoms with E-state index >= 15 is 0 Å². The molecule has 0 saturated heterocycles. The fraction of sp³-hybridized carbons (Fsp3) is 0.192. The lowest BCUT2D eigenvalue weighted by Gasteiger charge is -2.39. The number of carbonyl (C=O) groups excluding carboxylic acids is 1. The minimum absolute atomic E-state index is 0.00148. The van der Waals surface area contributed by atoms with Gasteiger partial charge in [-0.1, -0.05) is 47.5 Å². The zero-order valence-corrected chi connectivity index (χ0v) is 19.9. The van der Waals surface area contributed by atoms with Gasteiger partial charge in [-0.3, -0.25) is 9.69 Å². The summed E-state index contributed by atoms with van der Waals surface area (Å²) in [6.07, 6.45) is 1.80. The molecule has 0 fully saturated rings. The maximum atomic E-state index is 13.4. The number of nitrogens with two attached hydrogens (primary N) is 1. The second-order valence-corrected chi connectivity index (χ2v) is 9.13. The molecule has 6 nitrogen and oxygen atoms in total. The number of nitrogens with zero attached hydrogens (tertiary/aromatic N) is 4. The molecule has 0 bridgehead atoms. The van der Waals surface area contributed by atoms with Gasteiger partial charge in [0, 0.05) is 34.0 Å². The molecule has 34 heavy (non-hydrogen) atoms. The second kappa shape index (κ2) is 8.68. The van der Waals surface area contributed by atoms with Crippen molar-refractivity contribution in [2.45, 2.75) is 32.1 Å². The van der Waals surface area contributed by atoms with Crippen LogP contribution in [-0.2, 0) is 4.79 Å². The molecular formula is C26H21Cl2N5O. The summed E-state index contributed by atoms with van der Waals surface area (Å²) < 4.78 is 1.58. The summed E-state index contributed by atoms with van der Waals surface area (Å²) in [4.78, 5) is 15.2. The van der Waals surface area contributed by atoms with Gasteiger partial charge in [0.25, 0.3) is 0 Å². The highest BCUT2D eigenvalue weighted by Gasteiger charge is 2.42. The second-order valence-electron chi connectivity index (χ2n) is 8.33. The fourth-order valence-corrected chi connectivity index (χ4v) is 5.43. The number of hydrogen-bond acceptors (Lipinski definition) is 5. The molecule has 170 valence electrons. The van der Waals surface area contributed by atoms with Gasteiger partial charge in [0.15, 0.2) is 5.78 Å². The van der Waals surface area contributed by atoms with E-state index in [0.29, 0.717) is 51.4 Å². The minimum atomic E-state index is -0.687. The SMILES string of the molecule is Cc1nn(-c2cccc(Cl)c2)c(Cl)c1C1C(C#N)=C(N)N(c2ccccc2)C2=C1C(=O)CCC2. The molecule has 0 spiro atoms. The first-order chi connectivity index (χ1) is 16.4. The van der Waals surface area contributed by atoms with Crippen LogP contribution in [0.15, 0.2) is 77.3 Å². The first kappa shape index (κ1) is 22.3. The average molecular weight is 490 g/mol. The van der Waals surface area contributed by atoms with Crippen molar-refractivity contribution in [3.63, 3.8) is 0 Å². The van der Waals surface area contributed by atoms with Crippen LogP contribution in [0.2, 0.25) is 10.2 Å². The maximum Gasteiger partial charge on any atom is 0.161 e. The van der Waals surface area contributed by atoms with Crippen molar-refractivity contribution in [3.05, 3.63) is 98.7 Å². The van der Waals surface area contributed by atoms with Crippen molar-refractivity contribution in [2.24, 2.45) is 5.73 Å². The summed E-state index contributed by atoms with van der Waals surface area (Å²) in [6.45, 7) is 1.82. The standard InChI is InChI=1S/C26H21Cl2N5O/c1-15-22(25(28)33(31-15)18-10-5-7-16(27)13-18)23-19(14-29)26(30)32(17-8-3-2-4-9-17)20-11-6-12-21(34)24(20)23/h2-5,7-10,13,23H,6,11-12,30H2,1H3. The Kier molecular flexibility index (Phi) is 5.68. The Morgan fingerprint density at radius 1 is 1.09 bits per heavy atom. The highest BCUT2D eigenvalue weighted by Crippen LogP contribution is 2.48. The number of carbonyl (C=O) groups is 1. The number of anilines is 1.